The number of non-ortho nitro benzene ring substituents is 1. The van der Waals surface area contributed by atoms with E-state index < -0.39 is 10.9 Å². The predicted molar refractivity (Wildman–Crippen MR) is 121 cm³/mol. The number of nitrogen functional groups attached to an aromatic ring is 1. The summed E-state index contributed by atoms with van der Waals surface area (Å²) in [4.78, 5) is 35.5. The van der Waals surface area contributed by atoms with Crippen molar-refractivity contribution in [1.82, 2.24) is 15.0 Å². The maximum absolute atomic E-state index is 12.7. The molecule has 0 atom stereocenters. The Bertz CT molecular complexity index is 1140. The summed E-state index contributed by atoms with van der Waals surface area (Å²) in [6.45, 7) is 2.43. The van der Waals surface area contributed by atoms with Gasteiger partial charge in [0.05, 0.1) is 17.1 Å². The van der Waals surface area contributed by atoms with Gasteiger partial charge in [-0.1, -0.05) is 17.7 Å². The van der Waals surface area contributed by atoms with Crippen molar-refractivity contribution in [2.75, 3.05) is 36.6 Å². The Labute approximate surface area is 189 Å². The number of nitrogens with one attached hydrogen (secondary N) is 2. The van der Waals surface area contributed by atoms with Gasteiger partial charge in [-0.25, -0.2) is 4.79 Å². The molecule has 0 spiro atoms. The molecule has 3 aromatic rings. The van der Waals surface area contributed by atoms with Crippen molar-refractivity contribution >= 4 is 34.9 Å². The van der Waals surface area contributed by atoms with Crippen LogP contribution < -0.4 is 16.4 Å². The van der Waals surface area contributed by atoms with Crippen LogP contribution in [0.4, 0.5) is 29.0 Å². The topological polar surface area (TPSA) is 167 Å². The average molecular weight is 453 g/mol. The van der Waals surface area contributed by atoms with E-state index in [4.69, 9.17) is 15.2 Å². The van der Waals surface area contributed by atoms with Crippen molar-refractivity contribution in [3.05, 3.63) is 69.5 Å². The standard InChI is InChI=1S/C21H23N7O5/c1-13-3-5-14(6-4-13)24-21-26-18(25-20(22)27-21)12-33-19(29)16-11-15(28(30)31)7-8-17(16)23-9-10-32-2/h3-8,11,23H,9-10,12H2,1-2H3,(H3,22,24,25,26,27). The van der Waals surface area contributed by atoms with Crippen LogP contribution in [-0.2, 0) is 16.1 Å². The first kappa shape index (κ1) is 23.3. The molecule has 0 amide bonds. The number of nitrogens with zero attached hydrogens (tertiary/aromatic N) is 4. The maximum Gasteiger partial charge on any atom is 0.340 e. The number of aryl methyl sites for hydroxylation is 1. The highest BCUT2D eigenvalue weighted by Gasteiger charge is 2.19. The fourth-order valence-corrected chi connectivity index (χ4v) is 2.79. The van der Waals surface area contributed by atoms with Crippen molar-refractivity contribution in [2.24, 2.45) is 0 Å². The summed E-state index contributed by atoms with van der Waals surface area (Å²) in [5, 5.41) is 17.1. The van der Waals surface area contributed by atoms with Crippen LogP contribution in [0.1, 0.15) is 21.7 Å². The van der Waals surface area contributed by atoms with E-state index in [0.29, 0.717) is 18.8 Å². The monoisotopic (exact) mass is 453 g/mol. The number of nitro groups is 1. The fourth-order valence-electron chi connectivity index (χ4n) is 2.79. The summed E-state index contributed by atoms with van der Waals surface area (Å²) in [6.07, 6.45) is 0. The normalized spacial score (nSPS) is 10.5. The Kier molecular flexibility index (Phi) is 7.65. The molecule has 172 valence electrons. The third-order valence-electron chi connectivity index (χ3n) is 4.39. The summed E-state index contributed by atoms with van der Waals surface area (Å²) < 4.78 is 10.3. The number of aromatic nitrogens is 3. The van der Waals surface area contributed by atoms with E-state index in [2.05, 4.69) is 25.6 Å². The highest BCUT2D eigenvalue weighted by Crippen LogP contribution is 2.23. The Morgan fingerprint density at radius 2 is 1.91 bits per heavy atom. The minimum Gasteiger partial charge on any atom is -0.454 e. The number of nitrogens with two attached hydrogens (primary N) is 1. The van der Waals surface area contributed by atoms with E-state index in [1.807, 2.05) is 31.2 Å². The molecule has 0 aliphatic rings. The number of carbonyl (C=O) groups is 1. The molecule has 12 heteroatoms. The van der Waals surface area contributed by atoms with E-state index in [1.54, 1.807) is 0 Å². The summed E-state index contributed by atoms with van der Waals surface area (Å²) in [5.41, 5.74) is 7.74. The SMILES string of the molecule is COCCNc1ccc([N+](=O)[O-])cc1C(=O)OCc1nc(N)nc(Nc2ccc(C)cc2)n1. The number of methoxy groups -OCH3 is 1. The number of esters is 1. The van der Waals surface area contributed by atoms with Crippen LogP contribution in [0.3, 0.4) is 0 Å². The lowest BCUT2D eigenvalue weighted by Crippen LogP contribution is -2.15. The van der Waals surface area contributed by atoms with Crippen LogP contribution in [0.25, 0.3) is 0 Å². The molecule has 1 heterocycles. The molecule has 3 rings (SSSR count). The zero-order valence-corrected chi connectivity index (χ0v) is 18.1. The van der Waals surface area contributed by atoms with E-state index in [9.17, 15) is 14.9 Å². The number of carbonyl (C=O) groups excluding carboxylic acids is 1. The number of ether oxygens (including phenoxy) is 2. The Hall–Kier alpha value is -4.32. The van der Waals surface area contributed by atoms with Gasteiger partial charge < -0.3 is 25.8 Å². The second-order valence-electron chi connectivity index (χ2n) is 6.91. The zero-order valence-electron chi connectivity index (χ0n) is 18.1. The molecule has 4 N–H and O–H groups in total. The molecule has 0 aliphatic heterocycles. The minimum absolute atomic E-state index is 0.000310. The minimum atomic E-state index is -0.786. The number of anilines is 4. The van der Waals surface area contributed by atoms with Gasteiger partial charge in [0.25, 0.3) is 5.69 Å². The van der Waals surface area contributed by atoms with Crippen LogP contribution in [-0.4, -0.2) is 46.1 Å². The lowest BCUT2D eigenvalue weighted by Gasteiger charge is -2.12. The molecule has 0 bridgehead atoms. The highest BCUT2D eigenvalue weighted by atomic mass is 16.6. The lowest BCUT2D eigenvalue weighted by atomic mass is 10.1. The van der Waals surface area contributed by atoms with Crippen molar-refractivity contribution in [1.29, 1.82) is 0 Å². The first-order valence-electron chi connectivity index (χ1n) is 9.88. The van der Waals surface area contributed by atoms with Gasteiger partial charge in [-0.05, 0) is 25.1 Å². The zero-order chi connectivity index (χ0) is 23.8. The third kappa shape index (κ3) is 6.58. The highest BCUT2D eigenvalue weighted by molar-refractivity contribution is 5.96. The van der Waals surface area contributed by atoms with Gasteiger partial charge in [0.2, 0.25) is 11.9 Å². The summed E-state index contributed by atoms with van der Waals surface area (Å²) in [6, 6.07) is 11.4. The van der Waals surface area contributed by atoms with Crippen LogP contribution in [0, 0.1) is 17.0 Å². The van der Waals surface area contributed by atoms with Crippen LogP contribution in [0.5, 0.6) is 0 Å². The second kappa shape index (κ2) is 10.8. The molecule has 0 fully saturated rings. The summed E-state index contributed by atoms with van der Waals surface area (Å²) >= 11 is 0. The third-order valence-corrected chi connectivity index (χ3v) is 4.39. The van der Waals surface area contributed by atoms with E-state index >= 15 is 0 Å². The quantitative estimate of drug-likeness (QED) is 0.179. The van der Waals surface area contributed by atoms with Gasteiger partial charge in [0.15, 0.2) is 12.4 Å². The van der Waals surface area contributed by atoms with Crippen LogP contribution in [0.2, 0.25) is 0 Å². The van der Waals surface area contributed by atoms with Crippen molar-refractivity contribution in [3.63, 3.8) is 0 Å². The number of rotatable bonds is 10. The van der Waals surface area contributed by atoms with Gasteiger partial charge in [0.1, 0.15) is 0 Å². The molecular weight excluding hydrogens is 430 g/mol. The molecule has 0 saturated heterocycles. The summed E-state index contributed by atoms with van der Waals surface area (Å²) in [5.74, 6) is -0.534. The molecule has 0 radical (unpaired) electrons. The summed E-state index contributed by atoms with van der Waals surface area (Å²) in [7, 11) is 1.54. The van der Waals surface area contributed by atoms with Crippen LogP contribution >= 0.6 is 0 Å². The van der Waals surface area contributed by atoms with Crippen LogP contribution in [0.15, 0.2) is 42.5 Å². The Morgan fingerprint density at radius 1 is 1.15 bits per heavy atom. The van der Waals surface area contributed by atoms with Gasteiger partial charge >= 0.3 is 5.97 Å². The van der Waals surface area contributed by atoms with Gasteiger partial charge in [-0.15, -0.1) is 0 Å². The van der Waals surface area contributed by atoms with Gasteiger partial charge in [-0.3, -0.25) is 10.1 Å². The van der Waals surface area contributed by atoms with E-state index in [-0.39, 0.29) is 35.6 Å². The maximum atomic E-state index is 12.7. The van der Waals surface area contributed by atoms with Gasteiger partial charge in [-0.2, -0.15) is 15.0 Å². The predicted octanol–water partition coefficient (Wildman–Crippen LogP) is 2.83. The number of nitro benzene ring substituents is 1. The first-order valence-corrected chi connectivity index (χ1v) is 9.88. The molecule has 0 saturated carbocycles. The molecule has 33 heavy (non-hydrogen) atoms. The average Bonchev–Trinajstić information content (AvgIpc) is 2.79. The smallest absolute Gasteiger partial charge is 0.340 e. The second-order valence-corrected chi connectivity index (χ2v) is 6.91. The first-order chi connectivity index (χ1) is 15.9. The molecule has 0 aliphatic carbocycles. The number of benzene rings is 2. The molecule has 12 nitrogen and oxygen atoms in total. The van der Waals surface area contributed by atoms with Crippen molar-refractivity contribution in [2.45, 2.75) is 13.5 Å². The van der Waals surface area contributed by atoms with E-state index in [1.165, 1.54) is 19.2 Å². The van der Waals surface area contributed by atoms with Gasteiger partial charge in [0, 0.05) is 37.2 Å². The Balaban J connectivity index is 1.74. The van der Waals surface area contributed by atoms with E-state index in [0.717, 1.165) is 17.3 Å². The fraction of sp³-hybridized carbons (Fsp3) is 0.238. The molecule has 2 aromatic carbocycles. The number of hydrogen-bond donors (Lipinski definition) is 3. The molecular formula is C21H23N7O5. The number of hydrogen-bond acceptors (Lipinski definition) is 11. The molecule has 1 aromatic heterocycles. The van der Waals surface area contributed by atoms with Crippen molar-refractivity contribution < 1.29 is 19.2 Å². The van der Waals surface area contributed by atoms with Crippen molar-refractivity contribution in [3.8, 4) is 0 Å². The Morgan fingerprint density at radius 3 is 2.61 bits per heavy atom. The lowest BCUT2D eigenvalue weighted by molar-refractivity contribution is -0.384. The largest absolute Gasteiger partial charge is 0.454 e. The molecule has 0 unspecified atom stereocenters.